The van der Waals surface area contributed by atoms with E-state index in [2.05, 4.69) is 19.4 Å². The summed E-state index contributed by atoms with van der Waals surface area (Å²) >= 11 is 8.73. The molecule has 2 aliphatic rings. The summed E-state index contributed by atoms with van der Waals surface area (Å²) in [5, 5.41) is 21.8. The number of hydrogen-bond donors (Lipinski definition) is 3. The van der Waals surface area contributed by atoms with Gasteiger partial charge in [0, 0.05) is 83.0 Å². The molecule has 0 saturated heterocycles. The Morgan fingerprint density at radius 3 is 2.79 bits per heavy atom. The molecule has 0 fully saturated rings. The summed E-state index contributed by atoms with van der Waals surface area (Å²) in [6.45, 7) is 5.19. The highest BCUT2D eigenvalue weighted by atomic mass is 35.5. The number of H-pyrrole nitrogens is 1. The van der Waals surface area contributed by atoms with E-state index in [0.29, 0.717) is 85.4 Å². The molecule has 0 radical (unpaired) electrons. The summed E-state index contributed by atoms with van der Waals surface area (Å²) < 4.78 is 59.4. The Kier molecular flexibility index (Phi) is 10.6. The van der Waals surface area contributed by atoms with Gasteiger partial charge in [0.15, 0.2) is 6.54 Å². The van der Waals surface area contributed by atoms with Crippen molar-refractivity contribution in [3.05, 3.63) is 93.4 Å². The SMILES string of the molecule is Cc1c(C(=O)O)n2c3ccc(Cl)c(c13)-c1c([nH][n+]3c1COCC3)CN(CCNS(C)(=O)=O)Cc1cc(n(C)n1)CSc1cc(c3ccc(F)cc3c1)OCCC2. The normalized spacial score (nSPS) is 15.7. The molecule has 13 nitrogen and oxygen atoms in total. The molecule has 294 valence electrons. The van der Waals surface area contributed by atoms with Crippen LogP contribution in [0.3, 0.4) is 0 Å². The van der Waals surface area contributed by atoms with Crippen LogP contribution in [0.5, 0.6) is 5.75 Å². The fourth-order valence-electron chi connectivity index (χ4n) is 7.92. The maximum absolute atomic E-state index is 14.4. The van der Waals surface area contributed by atoms with Crippen molar-refractivity contribution in [2.45, 2.75) is 56.8 Å². The van der Waals surface area contributed by atoms with Gasteiger partial charge in [-0.1, -0.05) is 11.6 Å². The van der Waals surface area contributed by atoms with Gasteiger partial charge < -0.3 is 19.1 Å². The number of ether oxygens (including phenoxy) is 2. The zero-order chi connectivity index (χ0) is 39.3. The van der Waals surface area contributed by atoms with Crippen LogP contribution in [-0.4, -0.2) is 76.4 Å². The van der Waals surface area contributed by atoms with Crippen LogP contribution in [0.2, 0.25) is 5.02 Å². The van der Waals surface area contributed by atoms with Crippen molar-refractivity contribution in [2.75, 3.05) is 32.6 Å². The Hall–Kier alpha value is -4.45. The van der Waals surface area contributed by atoms with Crippen molar-refractivity contribution in [3.63, 3.8) is 0 Å². The lowest BCUT2D eigenvalue weighted by atomic mass is 9.96. The third-order valence-electron chi connectivity index (χ3n) is 10.4. The number of aromatic nitrogens is 5. The molecule has 3 aromatic heterocycles. The van der Waals surface area contributed by atoms with Gasteiger partial charge in [-0.2, -0.15) is 10.2 Å². The van der Waals surface area contributed by atoms with E-state index in [4.69, 9.17) is 26.2 Å². The van der Waals surface area contributed by atoms with E-state index in [1.165, 1.54) is 12.1 Å². The lowest BCUT2D eigenvalue weighted by Gasteiger charge is -2.21. The number of aryl methyl sites for hydroxylation is 3. The summed E-state index contributed by atoms with van der Waals surface area (Å²) in [5.41, 5.74) is 6.50. The predicted molar refractivity (Wildman–Crippen MR) is 212 cm³/mol. The van der Waals surface area contributed by atoms with Crippen LogP contribution in [0.1, 0.15) is 45.2 Å². The maximum atomic E-state index is 14.4. The second kappa shape index (κ2) is 15.5. The van der Waals surface area contributed by atoms with E-state index in [9.17, 15) is 22.7 Å². The van der Waals surface area contributed by atoms with Crippen LogP contribution in [0, 0.1) is 12.7 Å². The zero-order valence-electron chi connectivity index (χ0n) is 31.2. The number of fused-ring (bicyclic) bond motifs is 10. The van der Waals surface area contributed by atoms with Crippen LogP contribution in [0.15, 0.2) is 53.4 Å². The molecule has 3 aromatic carbocycles. The minimum Gasteiger partial charge on any atom is -0.493 e. The van der Waals surface area contributed by atoms with Gasteiger partial charge in [-0.05, 0) is 72.8 Å². The van der Waals surface area contributed by atoms with Crippen LogP contribution < -0.4 is 14.1 Å². The second-order valence-corrected chi connectivity index (χ2v) is 17.6. The number of carboxylic acids is 1. The lowest BCUT2D eigenvalue weighted by molar-refractivity contribution is -0.767. The average molecular weight is 823 g/mol. The quantitative estimate of drug-likeness (QED) is 0.185. The van der Waals surface area contributed by atoms with E-state index >= 15 is 0 Å². The van der Waals surface area contributed by atoms with Crippen LogP contribution in [0.25, 0.3) is 32.8 Å². The number of carboxylic acid groups (broad SMARTS) is 1. The number of benzene rings is 3. The molecule has 0 amide bonds. The summed E-state index contributed by atoms with van der Waals surface area (Å²) in [6, 6.07) is 14.3. The van der Waals surface area contributed by atoms with E-state index in [-0.39, 0.29) is 24.7 Å². The lowest BCUT2D eigenvalue weighted by Crippen LogP contribution is -2.45. The highest BCUT2D eigenvalue weighted by molar-refractivity contribution is 7.98. The number of nitrogens with zero attached hydrogens (tertiary/aromatic N) is 5. The molecule has 56 heavy (non-hydrogen) atoms. The first-order chi connectivity index (χ1) is 26.8. The first kappa shape index (κ1) is 38.4. The predicted octanol–water partition coefficient (Wildman–Crippen LogP) is 5.77. The second-order valence-electron chi connectivity index (χ2n) is 14.3. The Morgan fingerprint density at radius 2 is 1.98 bits per heavy atom. The third kappa shape index (κ3) is 7.65. The third-order valence-corrected chi connectivity index (χ3v) is 12.4. The molecule has 5 heterocycles. The Labute approximate surface area is 332 Å². The summed E-state index contributed by atoms with van der Waals surface area (Å²) in [7, 11) is -1.55. The van der Waals surface area contributed by atoms with Gasteiger partial charge in [0.2, 0.25) is 15.7 Å². The summed E-state index contributed by atoms with van der Waals surface area (Å²) in [6.07, 6.45) is 1.63. The number of aromatic carboxylic acids is 1. The van der Waals surface area contributed by atoms with Gasteiger partial charge in [0.05, 0.1) is 24.1 Å². The molecule has 8 rings (SSSR count). The highest BCUT2D eigenvalue weighted by Crippen LogP contribution is 2.43. The molecule has 0 spiro atoms. The smallest absolute Gasteiger partial charge is 0.352 e. The van der Waals surface area contributed by atoms with Gasteiger partial charge in [0.1, 0.15) is 36.2 Å². The Balaban J connectivity index is 1.29. The summed E-state index contributed by atoms with van der Waals surface area (Å²) in [4.78, 5) is 16.0. The fraction of sp³-hybridized carbons (Fsp3) is 0.359. The molecule has 6 aromatic rings. The van der Waals surface area contributed by atoms with E-state index in [1.54, 1.807) is 17.8 Å². The number of sulfonamides is 1. The molecular formula is C39H42ClFN7O6S2+. The minimum absolute atomic E-state index is 0.166. The van der Waals surface area contributed by atoms with Gasteiger partial charge in [-0.25, -0.2) is 22.3 Å². The molecule has 0 atom stereocenters. The largest absolute Gasteiger partial charge is 0.493 e. The number of nitrogens with one attached hydrogen (secondary N) is 2. The molecule has 2 aliphatic heterocycles. The number of carbonyl (C=O) groups is 1. The maximum Gasteiger partial charge on any atom is 0.352 e. The van der Waals surface area contributed by atoms with Crippen molar-refractivity contribution < 1.29 is 36.9 Å². The molecule has 0 saturated carbocycles. The first-order valence-electron chi connectivity index (χ1n) is 18.3. The molecule has 3 N–H and O–H groups in total. The van der Waals surface area contributed by atoms with Gasteiger partial charge >= 0.3 is 5.97 Å². The van der Waals surface area contributed by atoms with Crippen LogP contribution in [-0.2, 0) is 60.3 Å². The van der Waals surface area contributed by atoms with Gasteiger partial charge in [0.25, 0.3) is 0 Å². The number of halogens is 2. The average Bonchev–Trinajstić information content (AvgIpc) is 3.77. The molecule has 0 unspecified atom stereocenters. The molecule has 8 bridgehead atoms. The van der Waals surface area contributed by atoms with E-state index in [0.717, 1.165) is 55.8 Å². The zero-order valence-corrected chi connectivity index (χ0v) is 33.6. The molecular weight excluding hydrogens is 781 g/mol. The van der Waals surface area contributed by atoms with Crippen molar-refractivity contribution >= 4 is 61.0 Å². The van der Waals surface area contributed by atoms with Crippen LogP contribution in [0.4, 0.5) is 4.39 Å². The van der Waals surface area contributed by atoms with Gasteiger partial charge in [-0.15, -0.1) is 16.4 Å². The molecule has 17 heteroatoms. The minimum atomic E-state index is -3.44. The van der Waals surface area contributed by atoms with Crippen molar-refractivity contribution in [1.82, 2.24) is 29.1 Å². The highest BCUT2D eigenvalue weighted by Gasteiger charge is 2.34. The number of aromatic amines is 1. The number of thioether (sulfide) groups is 1. The topological polar surface area (TPSA) is 148 Å². The number of rotatable bonds is 5. The van der Waals surface area contributed by atoms with Crippen molar-refractivity contribution in [1.29, 1.82) is 0 Å². The first-order valence-corrected chi connectivity index (χ1v) is 21.5. The van der Waals surface area contributed by atoms with E-state index in [1.807, 2.05) is 53.6 Å². The monoisotopic (exact) mass is 822 g/mol. The Bertz CT molecular complexity index is 2620. The van der Waals surface area contributed by atoms with Crippen molar-refractivity contribution in [2.24, 2.45) is 7.05 Å². The standard InChI is InChI=1S/C39H41ClFN7O6S2/c1-23-35-32-8-7-30(40)36(35)37-31(44-48-12-14-53-21-33(37)48)20-46(11-9-42-56(3,51)52)19-26-17-27(45(2)43-26)22-55-28-16-24-15-25(41)5-6-29(24)34(18-28)54-13-4-10-47(32)38(23)39(49)50/h5-8,15-18,42H,4,9-14,19-22H2,1-3H3,(H,49,50)/p+1. The van der Waals surface area contributed by atoms with E-state index < -0.39 is 16.0 Å². The summed E-state index contributed by atoms with van der Waals surface area (Å²) in [5.74, 6) is -0.199. The number of hydrogen-bond acceptors (Lipinski definition) is 8. The Morgan fingerprint density at radius 1 is 1.14 bits per heavy atom. The van der Waals surface area contributed by atoms with Crippen LogP contribution >= 0.6 is 23.4 Å². The fourth-order valence-corrected chi connectivity index (χ4v) is 9.62. The van der Waals surface area contributed by atoms with Gasteiger partial charge in [-0.3, -0.25) is 9.58 Å². The van der Waals surface area contributed by atoms with Crippen molar-refractivity contribution in [3.8, 4) is 16.9 Å². The molecule has 0 aliphatic carbocycles.